The predicted octanol–water partition coefficient (Wildman–Crippen LogP) is 5.08. The van der Waals surface area contributed by atoms with Crippen molar-refractivity contribution in [3.05, 3.63) is 65.2 Å². The molecule has 0 spiro atoms. The molecule has 0 fully saturated rings. The van der Waals surface area contributed by atoms with Crippen LogP contribution in [0.15, 0.2) is 48.5 Å². The fraction of sp³-hybridized carbons (Fsp3) is 0.462. The summed E-state index contributed by atoms with van der Waals surface area (Å²) in [7, 11) is 1.57. The van der Waals surface area contributed by atoms with Gasteiger partial charge >= 0.3 is 12.1 Å². The van der Waals surface area contributed by atoms with E-state index in [4.69, 9.17) is 9.47 Å². The van der Waals surface area contributed by atoms with Gasteiger partial charge < -0.3 is 19.5 Å². The molecule has 0 aliphatic heterocycles. The van der Waals surface area contributed by atoms with Crippen molar-refractivity contribution >= 4 is 12.1 Å². The number of amides is 1. The second kappa shape index (κ2) is 11.7. The largest absolute Gasteiger partial charge is 0.444 e. The van der Waals surface area contributed by atoms with Gasteiger partial charge in [0.1, 0.15) is 11.4 Å². The first kappa shape index (κ1) is 25.4. The maximum Gasteiger partial charge on any atom is 0.410 e. The van der Waals surface area contributed by atoms with Crippen LogP contribution in [-0.2, 0) is 22.4 Å². The molecule has 0 aromatic heterocycles. The maximum atomic E-state index is 12.3. The number of esters is 1. The number of carbonyl (C=O) groups is 2. The van der Waals surface area contributed by atoms with Crippen molar-refractivity contribution in [2.24, 2.45) is 0 Å². The second-order valence-corrected chi connectivity index (χ2v) is 9.02. The zero-order chi connectivity index (χ0) is 23.7. The van der Waals surface area contributed by atoms with Crippen LogP contribution < -0.4 is 4.74 Å². The molecule has 2 aromatic carbocycles. The Balaban J connectivity index is 1.86. The molecule has 1 unspecified atom stereocenters. The Labute approximate surface area is 191 Å². The molecule has 2 rings (SSSR count). The average Bonchev–Trinajstić information content (AvgIpc) is 2.72. The SMILES string of the molecule is CCCCc1ccc(CC(=O)Oc2ccc(C(O)CN(C)C(=O)OC(C)(C)C)cc2)cc1. The zero-order valence-electron chi connectivity index (χ0n) is 19.8. The number of ether oxygens (including phenoxy) is 2. The van der Waals surface area contributed by atoms with Gasteiger partial charge in [0.05, 0.1) is 19.1 Å². The summed E-state index contributed by atoms with van der Waals surface area (Å²) in [5.41, 5.74) is 2.20. The van der Waals surface area contributed by atoms with Crippen LogP contribution in [0, 0.1) is 0 Å². The Morgan fingerprint density at radius 1 is 1.00 bits per heavy atom. The highest BCUT2D eigenvalue weighted by molar-refractivity contribution is 5.75. The van der Waals surface area contributed by atoms with Crippen molar-refractivity contribution in [3.8, 4) is 5.75 Å². The number of hydrogen-bond acceptors (Lipinski definition) is 5. The molecule has 0 aliphatic carbocycles. The molecule has 0 aliphatic rings. The van der Waals surface area contributed by atoms with E-state index in [-0.39, 0.29) is 18.9 Å². The average molecular weight is 442 g/mol. The molecule has 0 heterocycles. The number of benzene rings is 2. The van der Waals surface area contributed by atoms with Crippen molar-refractivity contribution in [3.63, 3.8) is 0 Å². The fourth-order valence-corrected chi connectivity index (χ4v) is 3.08. The Morgan fingerprint density at radius 3 is 2.16 bits per heavy atom. The van der Waals surface area contributed by atoms with Gasteiger partial charge in [-0.3, -0.25) is 4.79 Å². The molecule has 1 amide bonds. The number of carbonyl (C=O) groups excluding carboxylic acids is 2. The van der Waals surface area contributed by atoms with Crippen LogP contribution in [0.25, 0.3) is 0 Å². The molecular formula is C26H35NO5. The Kier molecular flexibility index (Phi) is 9.27. The Morgan fingerprint density at radius 2 is 1.59 bits per heavy atom. The molecular weight excluding hydrogens is 406 g/mol. The van der Waals surface area contributed by atoms with Gasteiger partial charge in [0.2, 0.25) is 0 Å². The quantitative estimate of drug-likeness (QED) is 0.434. The summed E-state index contributed by atoms with van der Waals surface area (Å²) in [5.74, 6) is 0.0651. The van der Waals surface area contributed by atoms with Crippen LogP contribution in [0.3, 0.4) is 0 Å². The number of likely N-dealkylation sites (N-methyl/N-ethyl adjacent to an activating group) is 1. The summed E-state index contributed by atoms with van der Waals surface area (Å²) in [6.07, 6.45) is 2.17. The molecule has 32 heavy (non-hydrogen) atoms. The Bertz CT molecular complexity index is 869. The summed E-state index contributed by atoms with van der Waals surface area (Å²) in [5, 5.41) is 10.4. The minimum atomic E-state index is -0.886. The molecule has 6 heteroatoms. The van der Waals surface area contributed by atoms with Crippen LogP contribution in [0.2, 0.25) is 0 Å². The van der Waals surface area contributed by atoms with Crippen LogP contribution in [0.5, 0.6) is 5.75 Å². The van der Waals surface area contributed by atoms with Gasteiger partial charge in [-0.2, -0.15) is 0 Å². The van der Waals surface area contributed by atoms with Gasteiger partial charge in [-0.15, -0.1) is 0 Å². The van der Waals surface area contributed by atoms with Crippen LogP contribution in [0.4, 0.5) is 4.79 Å². The van der Waals surface area contributed by atoms with Crippen LogP contribution in [-0.4, -0.2) is 41.3 Å². The first-order valence-corrected chi connectivity index (χ1v) is 11.1. The van der Waals surface area contributed by atoms with Crippen molar-refractivity contribution in [2.75, 3.05) is 13.6 Å². The number of aryl methyl sites for hydroxylation is 1. The van der Waals surface area contributed by atoms with Crippen LogP contribution in [0.1, 0.15) is 63.3 Å². The molecule has 1 N–H and O–H groups in total. The van der Waals surface area contributed by atoms with E-state index in [1.54, 1.807) is 52.1 Å². The first-order valence-electron chi connectivity index (χ1n) is 11.1. The second-order valence-electron chi connectivity index (χ2n) is 9.02. The van der Waals surface area contributed by atoms with E-state index in [0.717, 1.165) is 24.8 Å². The maximum absolute atomic E-state index is 12.3. The standard InChI is InChI=1S/C26H35NO5/c1-6-7-8-19-9-11-20(12-10-19)17-24(29)31-22-15-13-21(14-16-22)23(28)18-27(5)25(30)32-26(2,3)4/h9-16,23,28H,6-8,17-18H2,1-5H3. The minimum Gasteiger partial charge on any atom is -0.444 e. The lowest BCUT2D eigenvalue weighted by Crippen LogP contribution is -2.36. The normalized spacial score (nSPS) is 12.2. The number of aliphatic hydroxyl groups excluding tert-OH is 1. The molecule has 2 aromatic rings. The third-order valence-electron chi connectivity index (χ3n) is 4.84. The van der Waals surface area contributed by atoms with Gasteiger partial charge in [-0.05, 0) is 62.4 Å². The number of nitrogens with zero attached hydrogens (tertiary/aromatic N) is 1. The van der Waals surface area contributed by atoms with E-state index >= 15 is 0 Å². The topological polar surface area (TPSA) is 76.1 Å². The predicted molar refractivity (Wildman–Crippen MR) is 125 cm³/mol. The molecule has 1 atom stereocenters. The zero-order valence-corrected chi connectivity index (χ0v) is 19.8. The molecule has 0 saturated carbocycles. The minimum absolute atomic E-state index is 0.0856. The monoisotopic (exact) mass is 441 g/mol. The Hall–Kier alpha value is -2.86. The van der Waals surface area contributed by atoms with E-state index < -0.39 is 17.8 Å². The van der Waals surface area contributed by atoms with Crippen molar-refractivity contribution < 1.29 is 24.2 Å². The van der Waals surface area contributed by atoms with Crippen molar-refractivity contribution in [1.29, 1.82) is 0 Å². The summed E-state index contributed by atoms with van der Waals surface area (Å²) in [4.78, 5) is 25.6. The lowest BCUT2D eigenvalue weighted by atomic mass is 10.1. The van der Waals surface area contributed by atoms with Crippen LogP contribution >= 0.6 is 0 Å². The third-order valence-corrected chi connectivity index (χ3v) is 4.84. The van der Waals surface area contributed by atoms with Gasteiger partial charge in [0.25, 0.3) is 0 Å². The van der Waals surface area contributed by atoms with E-state index in [9.17, 15) is 14.7 Å². The highest BCUT2D eigenvalue weighted by Gasteiger charge is 2.22. The number of hydrogen-bond donors (Lipinski definition) is 1. The fourth-order valence-electron chi connectivity index (χ4n) is 3.08. The summed E-state index contributed by atoms with van der Waals surface area (Å²) >= 11 is 0. The van der Waals surface area contributed by atoms with Gasteiger partial charge in [-0.25, -0.2) is 4.79 Å². The summed E-state index contributed by atoms with van der Waals surface area (Å²) in [6, 6.07) is 14.7. The smallest absolute Gasteiger partial charge is 0.410 e. The van der Waals surface area contributed by atoms with E-state index in [0.29, 0.717) is 11.3 Å². The molecule has 174 valence electrons. The summed E-state index contributed by atoms with van der Waals surface area (Å²) < 4.78 is 10.7. The van der Waals surface area contributed by atoms with Gasteiger partial charge in [0, 0.05) is 7.05 Å². The van der Waals surface area contributed by atoms with Crippen molar-refractivity contribution in [1.82, 2.24) is 4.90 Å². The first-order chi connectivity index (χ1) is 15.1. The van der Waals surface area contributed by atoms with E-state index in [2.05, 4.69) is 19.1 Å². The highest BCUT2D eigenvalue weighted by Crippen LogP contribution is 2.20. The third kappa shape index (κ3) is 8.71. The van der Waals surface area contributed by atoms with Gasteiger partial charge in [-0.1, -0.05) is 49.7 Å². The molecule has 0 saturated heterocycles. The summed E-state index contributed by atoms with van der Waals surface area (Å²) in [6.45, 7) is 7.62. The highest BCUT2D eigenvalue weighted by atomic mass is 16.6. The van der Waals surface area contributed by atoms with Gasteiger partial charge in [0.15, 0.2) is 0 Å². The number of unbranched alkanes of at least 4 members (excludes halogenated alkanes) is 1. The van der Waals surface area contributed by atoms with E-state index in [1.807, 2.05) is 12.1 Å². The molecule has 0 bridgehead atoms. The lowest BCUT2D eigenvalue weighted by Gasteiger charge is -2.26. The number of aliphatic hydroxyl groups is 1. The van der Waals surface area contributed by atoms with Crippen molar-refractivity contribution in [2.45, 2.75) is 65.1 Å². The molecule has 0 radical (unpaired) electrons. The number of rotatable bonds is 9. The lowest BCUT2D eigenvalue weighted by molar-refractivity contribution is -0.133. The molecule has 6 nitrogen and oxygen atoms in total. The van der Waals surface area contributed by atoms with E-state index in [1.165, 1.54) is 10.5 Å².